The van der Waals surface area contributed by atoms with Crippen LogP contribution in [-0.2, 0) is 4.79 Å². The van der Waals surface area contributed by atoms with Crippen LogP contribution < -0.4 is 5.32 Å². The Morgan fingerprint density at radius 1 is 1.32 bits per heavy atom. The Hall–Kier alpha value is -1.78. The Morgan fingerprint density at radius 3 is 2.50 bits per heavy atom. The summed E-state index contributed by atoms with van der Waals surface area (Å²) < 4.78 is 2.18. The maximum atomic E-state index is 13.1. The van der Waals surface area contributed by atoms with Crippen molar-refractivity contribution in [2.24, 2.45) is 0 Å². The minimum atomic E-state index is -0.474. The van der Waals surface area contributed by atoms with Crippen molar-refractivity contribution >= 4 is 11.8 Å². The van der Waals surface area contributed by atoms with E-state index < -0.39 is 5.54 Å². The van der Waals surface area contributed by atoms with E-state index in [1.165, 1.54) is 0 Å². The molecule has 1 aromatic rings. The van der Waals surface area contributed by atoms with Crippen molar-refractivity contribution < 1.29 is 9.59 Å². The van der Waals surface area contributed by atoms with E-state index in [9.17, 15) is 9.59 Å². The van der Waals surface area contributed by atoms with E-state index in [1.54, 1.807) is 0 Å². The van der Waals surface area contributed by atoms with Crippen LogP contribution in [0.4, 0.5) is 0 Å². The van der Waals surface area contributed by atoms with E-state index in [0.29, 0.717) is 25.6 Å². The van der Waals surface area contributed by atoms with Crippen LogP contribution in [-0.4, -0.2) is 39.9 Å². The number of nitrogens with one attached hydrogen (secondary N) is 1. The first-order valence-corrected chi connectivity index (χ1v) is 7.92. The zero-order chi connectivity index (χ0) is 16.7. The van der Waals surface area contributed by atoms with Gasteiger partial charge in [0.05, 0.1) is 5.56 Å². The van der Waals surface area contributed by atoms with Gasteiger partial charge in [0.2, 0.25) is 5.91 Å². The summed E-state index contributed by atoms with van der Waals surface area (Å²) in [7, 11) is 0. The van der Waals surface area contributed by atoms with Crippen molar-refractivity contribution in [3.05, 3.63) is 23.0 Å². The van der Waals surface area contributed by atoms with Crippen molar-refractivity contribution in [1.29, 1.82) is 0 Å². The zero-order valence-corrected chi connectivity index (χ0v) is 14.5. The van der Waals surface area contributed by atoms with E-state index in [-0.39, 0.29) is 11.8 Å². The second kappa shape index (κ2) is 5.78. The summed E-state index contributed by atoms with van der Waals surface area (Å²) in [5.74, 6) is 0.0226. The highest BCUT2D eigenvalue weighted by molar-refractivity contribution is 5.97. The minimum Gasteiger partial charge on any atom is -0.354 e. The number of aryl methyl sites for hydroxylation is 1. The SMILES string of the molecule is Cc1cc(C(=O)N2CCNC(=O)CC2(C)C)c(C)n1C(C)C. The summed E-state index contributed by atoms with van der Waals surface area (Å²) in [6.45, 7) is 13.2. The van der Waals surface area contributed by atoms with E-state index >= 15 is 0 Å². The molecular weight excluding hydrogens is 278 g/mol. The summed E-state index contributed by atoms with van der Waals surface area (Å²) >= 11 is 0. The molecule has 0 bridgehead atoms. The maximum absolute atomic E-state index is 13.1. The second-order valence-corrected chi connectivity index (χ2v) is 7.04. The van der Waals surface area contributed by atoms with Crippen LogP contribution in [0.5, 0.6) is 0 Å². The van der Waals surface area contributed by atoms with E-state index in [4.69, 9.17) is 0 Å². The summed E-state index contributed by atoms with van der Waals surface area (Å²) in [6, 6.07) is 2.29. The highest BCUT2D eigenvalue weighted by Gasteiger charge is 2.36. The molecule has 1 saturated heterocycles. The summed E-state index contributed by atoms with van der Waals surface area (Å²) in [6.07, 6.45) is 0.335. The number of hydrogen-bond acceptors (Lipinski definition) is 2. The lowest BCUT2D eigenvalue weighted by atomic mass is 9.97. The summed E-state index contributed by atoms with van der Waals surface area (Å²) in [4.78, 5) is 26.7. The molecule has 0 saturated carbocycles. The van der Waals surface area contributed by atoms with Gasteiger partial charge in [-0.05, 0) is 47.6 Å². The third-order valence-corrected chi connectivity index (χ3v) is 4.46. The average Bonchev–Trinajstić information content (AvgIpc) is 2.59. The van der Waals surface area contributed by atoms with E-state index in [0.717, 1.165) is 17.0 Å². The third kappa shape index (κ3) is 2.89. The molecule has 2 heterocycles. The molecule has 0 radical (unpaired) electrons. The molecule has 122 valence electrons. The van der Waals surface area contributed by atoms with Gasteiger partial charge in [-0.2, -0.15) is 0 Å². The molecule has 1 aliphatic heterocycles. The zero-order valence-electron chi connectivity index (χ0n) is 14.5. The molecule has 5 nitrogen and oxygen atoms in total. The predicted molar refractivity (Wildman–Crippen MR) is 87.0 cm³/mol. The van der Waals surface area contributed by atoms with Crippen molar-refractivity contribution in [2.45, 2.75) is 59.5 Å². The Morgan fingerprint density at radius 2 is 1.95 bits per heavy atom. The van der Waals surface area contributed by atoms with Crippen molar-refractivity contribution in [3.8, 4) is 0 Å². The lowest BCUT2D eigenvalue weighted by Crippen LogP contribution is -2.48. The van der Waals surface area contributed by atoms with Crippen LogP contribution in [0.15, 0.2) is 6.07 Å². The molecule has 1 aliphatic rings. The van der Waals surface area contributed by atoms with Crippen LogP contribution in [0.1, 0.15) is 61.9 Å². The monoisotopic (exact) mass is 305 g/mol. The summed E-state index contributed by atoms with van der Waals surface area (Å²) in [5, 5.41) is 2.85. The first-order chi connectivity index (χ1) is 10.1. The first-order valence-electron chi connectivity index (χ1n) is 7.92. The molecule has 0 aliphatic carbocycles. The van der Waals surface area contributed by atoms with Gasteiger partial charge in [-0.15, -0.1) is 0 Å². The maximum Gasteiger partial charge on any atom is 0.256 e. The topological polar surface area (TPSA) is 54.3 Å². The lowest BCUT2D eigenvalue weighted by molar-refractivity contribution is -0.121. The second-order valence-electron chi connectivity index (χ2n) is 7.04. The van der Waals surface area contributed by atoms with Crippen LogP contribution in [0.25, 0.3) is 0 Å². The van der Waals surface area contributed by atoms with Gasteiger partial charge in [0, 0.05) is 42.5 Å². The molecule has 1 N–H and O–H groups in total. The number of carbonyl (C=O) groups is 2. The number of hydrogen-bond donors (Lipinski definition) is 1. The fourth-order valence-corrected chi connectivity index (χ4v) is 3.47. The van der Waals surface area contributed by atoms with Gasteiger partial charge in [-0.25, -0.2) is 0 Å². The quantitative estimate of drug-likeness (QED) is 0.912. The Labute approximate surface area is 132 Å². The highest BCUT2D eigenvalue weighted by Crippen LogP contribution is 2.27. The van der Waals surface area contributed by atoms with Gasteiger partial charge in [-0.3, -0.25) is 9.59 Å². The van der Waals surface area contributed by atoms with E-state index in [2.05, 4.69) is 23.7 Å². The van der Waals surface area contributed by atoms with E-state index in [1.807, 2.05) is 38.7 Å². The van der Waals surface area contributed by atoms with Gasteiger partial charge < -0.3 is 14.8 Å². The van der Waals surface area contributed by atoms with Crippen molar-refractivity contribution in [2.75, 3.05) is 13.1 Å². The Balaban J connectivity index is 2.39. The number of rotatable bonds is 2. The fourth-order valence-electron chi connectivity index (χ4n) is 3.47. The van der Waals surface area contributed by atoms with Gasteiger partial charge in [0.1, 0.15) is 0 Å². The molecule has 2 amide bonds. The van der Waals surface area contributed by atoms with Gasteiger partial charge >= 0.3 is 0 Å². The van der Waals surface area contributed by atoms with Crippen molar-refractivity contribution in [3.63, 3.8) is 0 Å². The number of amides is 2. The number of nitrogens with zero attached hydrogens (tertiary/aromatic N) is 2. The number of aromatic nitrogens is 1. The van der Waals surface area contributed by atoms with Gasteiger partial charge in [0.25, 0.3) is 5.91 Å². The van der Waals surface area contributed by atoms with Gasteiger partial charge in [-0.1, -0.05) is 0 Å². The molecule has 0 atom stereocenters. The molecule has 5 heteroatoms. The molecule has 1 fully saturated rings. The van der Waals surface area contributed by atoms with Gasteiger partial charge in [0.15, 0.2) is 0 Å². The largest absolute Gasteiger partial charge is 0.354 e. The van der Waals surface area contributed by atoms with Crippen LogP contribution >= 0.6 is 0 Å². The van der Waals surface area contributed by atoms with Crippen molar-refractivity contribution in [1.82, 2.24) is 14.8 Å². The molecule has 1 aromatic heterocycles. The molecule has 22 heavy (non-hydrogen) atoms. The normalized spacial score (nSPS) is 18.3. The highest BCUT2D eigenvalue weighted by atomic mass is 16.2. The molecule has 0 aromatic carbocycles. The third-order valence-electron chi connectivity index (χ3n) is 4.46. The van der Waals surface area contributed by atoms with Crippen LogP contribution in [0, 0.1) is 13.8 Å². The van der Waals surface area contributed by atoms with Crippen LogP contribution in [0.3, 0.4) is 0 Å². The standard InChI is InChI=1S/C17H27N3O2/c1-11(2)20-12(3)9-14(13(20)4)16(22)19-8-7-18-15(21)10-17(19,5)6/h9,11H,7-8,10H2,1-6H3,(H,18,21). The predicted octanol–water partition coefficient (Wildman–Crippen LogP) is 2.43. The van der Waals surface area contributed by atoms with Crippen LogP contribution in [0.2, 0.25) is 0 Å². The smallest absolute Gasteiger partial charge is 0.256 e. The lowest BCUT2D eigenvalue weighted by Gasteiger charge is -2.36. The average molecular weight is 305 g/mol. The molecular formula is C17H27N3O2. The Bertz CT molecular complexity index is 599. The molecule has 0 spiro atoms. The minimum absolute atomic E-state index is 0.00736. The Kier molecular flexibility index (Phi) is 4.36. The first kappa shape index (κ1) is 16.6. The number of carbonyl (C=O) groups excluding carboxylic acids is 2. The summed E-state index contributed by atoms with van der Waals surface area (Å²) in [5.41, 5.74) is 2.36. The molecule has 0 unspecified atom stereocenters. The fraction of sp³-hybridized carbons (Fsp3) is 0.647. The molecule has 2 rings (SSSR count).